The van der Waals surface area contributed by atoms with Gasteiger partial charge in [-0.3, -0.25) is 4.79 Å². The summed E-state index contributed by atoms with van der Waals surface area (Å²) >= 11 is 0. The topological polar surface area (TPSA) is 160 Å². The van der Waals surface area contributed by atoms with Crippen molar-refractivity contribution in [2.75, 3.05) is 20.8 Å². The van der Waals surface area contributed by atoms with Gasteiger partial charge in [0.1, 0.15) is 24.4 Å². The van der Waals surface area contributed by atoms with Crippen molar-refractivity contribution in [3.8, 4) is 0 Å². The molecule has 0 heterocycles. The molecule has 0 aromatic heterocycles. The minimum absolute atomic E-state index is 0.247. The summed E-state index contributed by atoms with van der Waals surface area (Å²) in [5, 5.41) is 31.6. The minimum Gasteiger partial charge on any atom is -0.389 e. The zero-order valence-electron chi connectivity index (χ0n) is 12.2. The third kappa shape index (κ3) is 4.10. The van der Waals surface area contributed by atoms with Crippen LogP contribution in [0, 0.1) is 0 Å². The van der Waals surface area contributed by atoms with Gasteiger partial charge in [-0.15, -0.1) is 0 Å². The molecular formula is C12H25N3O6. The third-order valence-electron chi connectivity index (χ3n) is 3.77. The van der Waals surface area contributed by atoms with Crippen LogP contribution >= 0.6 is 0 Å². The lowest BCUT2D eigenvalue weighted by Gasteiger charge is -2.42. The van der Waals surface area contributed by atoms with Crippen molar-refractivity contribution in [3.63, 3.8) is 0 Å². The Hall–Kier alpha value is -0.810. The minimum atomic E-state index is -1.67. The molecule has 1 aliphatic rings. The third-order valence-corrected chi connectivity index (χ3v) is 3.77. The van der Waals surface area contributed by atoms with Gasteiger partial charge >= 0.3 is 0 Å². The summed E-state index contributed by atoms with van der Waals surface area (Å²) in [6.45, 7) is -0.256. The van der Waals surface area contributed by atoms with E-state index in [1.807, 2.05) is 0 Å². The van der Waals surface area contributed by atoms with Gasteiger partial charge in [0, 0.05) is 26.8 Å². The molecule has 7 atom stereocenters. The predicted molar refractivity (Wildman–Crippen MR) is 73.2 cm³/mol. The molecule has 1 rings (SSSR count). The lowest BCUT2D eigenvalue weighted by Crippen LogP contribution is -2.65. The number of aliphatic hydroxyl groups is 3. The van der Waals surface area contributed by atoms with Crippen LogP contribution in [0.2, 0.25) is 0 Å². The molecule has 0 radical (unpaired) electrons. The van der Waals surface area contributed by atoms with Gasteiger partial charge in [-0.2, -0.15) is 0 Å². The number of hydrogen-bond acceptors (Lipinski definition) is 8. The van der Waals surface area contributed by atoms with Crippen LogP contribution < -0.4 is 16.8 Å². The normalized spacial score (nSPS) is 36.0. The average Bonchev–Trinajstić information content (AvgIpc) is 2.48. The first kappa shape index (κ1) is 18.2. The first-order valence-corrected chi connectivity index (χ1v) is 6.73. The number of carbonyl (C=O) groups excluding carboxylic acids is 1. The first-order chi connectivity index (χ1) is 9.87. The Balaban J connectivity index is 2.73. The van der Waals surface area contributed by atoms with E-state index in [0.29, 0.717) is 0 Å². The van der Waals surface area contributed by atoms with Crippen LogP contribution in [0.1, 0.15) is 6.42 Å². The molecule has 3 unspecified atom stereocenters. The molecule has 0 saturated heterocycles. The predicted octanol–water partition coefficient (Wildman–Crippen LogP) is -3.73. The molecule has 124 valence electrons. The van der Waals surface area contributed by atoms with Crippen molar-refractivity contribution in [2.45, 2.75) is 49.0 Å². The quantitative estimate of drug-likeness (QED) is 0.292. The van der Waals surface area contributed by atoms with E-state index in [2.05, 4.69) is 5.32 Å². The van der Waals surface area contributed by atoms with E-state index in [-0.39, 0.29) is 13.0 Å². The molecule has 1 amide bonds. The molecule has 9 nitrogen and oxygen atoms in total. The van der Waals surface area contributed by atoms with Crippen LogP contribution in [-0.2, 0) is 14.3 Å². The monoisotopic (exact) mass is 307 g/mol. The Labute approximate surface area is 123 Å². The van der Waals surface area contributed by atoms with Gasteiger partial charge in [0.2, 0.25) is 0 Å². The van der Waals surface area contributed by atoms with Crippen molar-refractivity contribution >= 4 is 5.91 Å². The van der Waals surface area contributed by atoms with E-state index in [1.165, 1.54) is 14.2 Å². The van der Waals surface area contributed by atoms with Crippen LogP contribution in [-0.4, -0.2) is 84.6 Å². The molecule has 0 spiro atoms. The summed E-state index contributed by atoms with van der Waals surface area (Å²) < 4.78 is 10.4. The molecule has 1 aliphatic carbocycles. The van der Waals surface area contributed by atoms with Gasteiger partial charge in [-0.05, 0) is 6.42 Å². The van der Waals surface area contributed by atoms with Gasteiger partial charge in [0.05, 0.1) is 6.04 Å². The highest BCUT2D eigenvalue weighted by Gasteiger charge is 2.44. The summed E-state index contributed by atoms with van der Waals surface area (Å²) in [5.41, 5.74) is 11.1. The molecule has 9 heteroatoms. The Kier molecular flexibility index (Phi) is 6.94. The lowest BCUT2D eigenvalue weighted by atomic mass is 9.84. The van der Waals surface area contributed by atoms with Crippen LogP contribution in [0.4, 0.5) is 0 Å². The van der Waals surface area contributed by atoms with Crippen molar-refractivity contribution in [3.05, 3.63) is 0 Å². The van der Waals surface area contributed by atoms with Gasteiger partial charge in [0.15, 0.2) is 6.10 Å². The van der Waals surface area contributed by atoms with Crippen molar-refractivity contribution in [1.82, 2.24) is 5.32 Å². The van der Waals surface area contributed by atoms with Crippen LogP contribution in [0.5, 0.6) is 0 Å². The van der Waals surface area contributed by atoms with Crippen LogP contribution in [0.3, 0.4) is 0 Å². The van der Waals surface area contributed by atoms with E-state index < -0.39 is 48.5 Å². The van der Waals surface area contributed by atoms with E-state index >= 15 is 0 Å². The highest BCUT2D eigenvalue weighted by Crippen LogP contribution is 2.23. The number of nitrogens with two attached hydrogens (primary N) is 2. The van der Waals surface area contributed by atoms with Gasteiger partial charge in [-0.25, -0.2) is 0 Å². The molecule has 0 aliphatic heterocycles. The number of amides is 1. The van der Waals surface area contributed by atoms with Crippen LogP contribution in [0.15, 0.2) is 0 Å². The van der Waals surface area contributed by atoms with Crippen molar-refractivity contribution < 1.29 is 29.6 Å². The van der Waals surface area contributed by atoms with E-state index in [0.717, 1.165) is 0 Å². The smallest absolute Gasteiger partial charge is 0.251 e. The van der Waals surface area contributed by atoms with Gasteiger partial charge < -0.3 is 41.6 Å². The summed E-state index contributed by atoms with van der Waals surface area (Å²) in [6, 6.07) is -1.17. The molecule has 0 aromatic carbocycles. The lowest BCUT2D eigenvalue weighted by molar-refractivity contribution is -0.148. The SMILES string of the molecule is CO[C@H]1[C@H](OC)C(O)[C@H](NC(=O)C(O)C(O)CN)C[C@@H]1N. The molecule has 0 bridgehead atoms. The Bertz CT molecular complexity index is 345. The molecule has 21 heavy (non-hydrogen) atoms. The standard InChI is InChI=1S/C12H25N3O6/c1-20-10-5(14)3-6(8(17)11(10)21-2)15-12(19)9(18)7(16)4-13/h5-11,16-18H,3-4,13-14H2,1-2H3,(H,15,19)/t5-,6+,7?,8?,9?,10+,11+/m0/s1. The fourth-order valence-corrected chi connectivity index (χ4v) is 2.53. The number of nitrogens with one attached hydrogen (secondary N) is 1. The fourth-order valence-electron chi connectivity index (χ4n) is 2.53. The molecular weight excluding hydrogens is 282 g/mol. The number of methoxy groups -OCH3 is 2. The number of rotatable bonds is 6. The second kappa shape index (κ2) is 7.99. The van der Waals surface area contributed by atoms with Gasteiger partial charge in [0.25, 0.3) is 5.91 Å². The highest BCUT2D eigenvalue weighted by molar-refractivity contribution is 5.81. The summed E-state index contributed by atoms with van der Waals surface area (Å²) in [6.07, 6.45) is -5.05. The van der Waals surface area contributed by atoms with Crippen molar-refractivity contribution in [1.29, 1.82) is 0 Å². The maximum atomic E-state index is 11.8. The van der Waals surface area contributed by atoms with Gasteiger partial charge in [-0.1, -0.05) is 0 Å². The number of aliphatic hydroxyl groups excluding tert-OH is 3. The molecule has 0 aromatic rings. The second-order valence-electron chi connectivity index (χ2n) is 5.15. The van der Waals surface area contributed by atoms with E-state index in [9.17, 15) is 20.1 Å². The zero-order valence-corrected chi connectivity index (χ0v) is 12.2. The molecule has 8 N–H and O–H groups in total. The number of hydrogen-bond donors (Lipinski definition) is 6. The number of ether oxygens (including phenoxy) is 2. The first-order valence-electron chi connectivity index (χ1n) is 6.73. The highest BCUT2D eigenvalue weighted by atomic mass is 16.5. The summed E-state index contributed by atoms with van der Waals surface area (Å²) in [5.74, 6) is -0.824. The Morgan fingerprint density at radius 2 is 1.90 bits per heavy atom. The Morgan fingerprint density at radius 1 is 1.33 bits per heavy atom. The largest absolute Gasteiger partial charge is 0.389 e. The fraction of sp³-hybridized carbons (Fsp3) is 0.917. The Morgan fingerprint density at radius 3 is 2.38 bits per heavy atom. The van der Waals surface area contributed by atoms with Crippen LogP contribution in [0.25, 0.3) is 0 Å². The summed E-state index contributed by atoms with van der Waals surface area (Å²) in [4.78, 5) is 11.8. The summed E-state index contributed by atoms with van der Waals surface area (Å²) in [7, 11) is 2.87. The molecule has 1 saturated carbocycles. The second-order valence-corrected chi connectivity index (χ2v) is 5.15. The van der Waals surface area contributed by atoms with E-state index in [4.69, 9.17) is 20.9 Å². The molecule has 1 fully saturated rings. The zero-order chi connectivity index (χ0) is 16.2. The van der Waals surface area contributed by atoms with Crippen molar-refractivity contribution in [2.24, 2.45) is 11.5 Å². The maximum absolute atomic E-state index is 11.8. The number of carbonyl (C=O) groups is 1. The average molecular weight is 307 g/mol. The maximum Gasteiger partial charge on any atom is 0.251 e. The van der Waals surface area contributed by atoms with E-state index in [1.54, 1.807) is 0 Å².